The number of ether oxygens (including phenoxy) is 1. The molecule has 0 aliphatic carbocycles. The number of nitrogens with zero attached hydrogens (tertiary/aromatic N) is 2. The van der Waals surface area contributed by atoms with Gasteiger partial charge >= 0.3 is 0 Å². The summed E-state index contributed by atoms with van der Waals surface area (Å²) in [6.07, 6.45) is 2.91. The fourth-order valence-corrected chi connectivity index (χ4v) is 2.74. The maximum atomic E-state index is 12.5. The lowest BCUT2D eigenvalue weighted by atomic mass is 10.1. The van der Waals surface area contributed by atoms with Crippen LogP contribution in [0.2, 0.25) is 5.15 Å². The molecule has 1 aliphatic heterocycles. The maximum Gasteiger partial charge on any atom is 0.295 e. The van der Waals surface area contributed by atoms with Crippen LogP contribution in [-0.2, 0) is 4.79 Å². The van der Waals surface area contributed by atoms with Crippen molar-refractivity contribution < 1.29 is 14.3 Å². The van der Waals surface area contributed by atoms with Crippen molar-refractivity contribution in [2.45, 2.75) is 0 Å². The second kappa shape index (κ2) is 5.94. The van der Waals surface area contributed by atoms with E-state index in [1.165, 1.54) is 19.5 Å². The van der Waals surface area contributed by atoms with Crippen molar-refractivity contribution in [1.29, 1.82) is 0 Å². The van der Waals surface area contributed by atoms with E-state index in [1.807, 2.05) is 0 Å². The van der Waals surface area contributed by atoms with Gasteiger partial charge in [-0.15, -0.1) is 0 Å². The summed E-state index contributed by atoms with van der Waals surface area (Å²) in [5.41, 5.74) is 0.733. The molecule has 1 saturated heterocycles. The summed E-state index contributed by atoms with van der Waals surface area (Å²) in [6.45, 7) is 2.41. The van der Waals surface area contributed by atoms with E-state index in [4.69, 9.17) is 16.3 Å². The van der Waals surface area contributed by atoms with Gasteiger partial charge in [-0.05, 0) is 0 Å². The van der Waals surface area contributed by atoms with Gasteiger partial charge in [-0.1, -0.05) is 11.6 Å². The quantitative estimate of drug-likeness (QED) is 0.497. The van der Waals surface area contributed by atoms with Gasteiger partial charge in [0.25, 0.3) is 11.7 Å². The third-order valence-corrected chi connectivity index (χ3v) is 3.98. The number of carbonyl (C=O) groups excluding carboxylic acids is 2. The number of hydrogen-bond acceptors (Lipinski definition) is 5. The molecule has 2 N–H and O–H groups in total. The molecule has 8 heteroatoms. The predicted octanol–water partition coefficient (Wildman–Crippen LogP) is 0.839. The summed E-state index contributed by atoms with van der Waals surface area (Å²) in [4.78, 5) is 33.3. The van der Waals surface area contributed by atoms with Crippen molar-refractivity contribution in [3.05, 3.63) is 23.1 Å². The Morgan fingerprint density at radius 3 is 2.77 bits per heavy atom. The number of methoxy groups -OCH3 is 1. The van der Waals surface area contributed by atoms with E-state index in [2.05, 4.69) is 15.3 Å². The number of piperazine rings is 1. The number of amides is 1. The number of nitrogens with one attached hydrogen (secondary N) is 2. The number of pyridine rings is 1. The number of aromatic amines is 1. The van der Waals surface area contributed by atoms with Crippen molar-refractivity contribution in [1.82, 2.24) is 20.2 Å². The molecule has 1 fully saturated rings. The summed E-state index contributed by atoms with van der Waals surface area (Å²) in [6, 6.07) is 0. The first kappa shape index (κ1) is 14.8. The number of carbonyl (C=O) groups is 2. The van der Waals surface area contributed by atoms with Crippen molar-refractivity contribution in [3.8, 4) is 5.75 Å². The van der Waals surface area contributed by atoms with Crippen molar-refractivity contribution in [2.75, 3.05) is 33.3 Å². The lowest BCUT2D eigenvalue weighted by molar-refractivity contribution is -0.126. The Bertz CT molecular complexity index is 737. The molecule has 7 nitrogen and oxygen atoms in total. The van der Waals surface area contributed by atoms with Crippen LogP contribution in [0.25, 0.3) is 10.9 Å². The molecular weight excluding hydrogens is 308 g/mol. The van der Waals surface area contributed by atoms with Gasteiger partial charge in [-0.25, -0.2) is 4.98 Å². The molecule has 0 saturated carbocycles. The number of fused-ring (bicyclic) bond motifs is 1. The molecule has 116 valence electrons. The highest BCUT2D eigenvalue weighted by molar-refractivity contribution is 6.45. The van der Waals surface area contributed by atoms with Gasteiger partial charge in [0.05, 0.1) is 29.8 Å². The summed E-state index contributed by atoms with van der Waals surface area (Å²) >= 11 is 6.02. The molecule has 1 amide bonds. The Kier molecular flexibility index (Phi) is 4.00. The number of hydrogen-bond donors (Lipinski definition) is 2. The topological polar surface area (TPSA) is 87.3 Å². The van der Waals surface area contributed by atoms with E-state index in [0.29, 0.717) is 42.8 Å². The predicted molar refractivity (Wildman–Crippen MR) is 81.4 cm³/mol. The Hall–Kier alpha value is -2.12. The van der Waals surface area contributed by atoms with Crippen LogP contribution in [0.3, 0.4) is 0 Å². The number of H-pyrrole nitrogens is 1. The average Bonchev–Trinajstić information content (AvgIpc) is 3.01. The Balaban J connectivity index is 2.00. The Labute approximate surface area is 131 Å². The van der Waals surface area contributed by atoms with E-state index in [0.717, 1.165) is 0 Å². The van der Waals surface area contributed by atoms with Crippen LogP contribution in [-0.4, -0.2) is 59.8 Å². The lowest BCUT2D eigenvalue weighted by Crippen LogP contribution is -2.48. The molecular formula is C14H15ClN4O3. The molecule has 0 unspecified atom stereocenters. The highest BCUT2D eigenvalue weighted by atomic mass is 35.5. The monoisotopic (exact) mass is 322 g/mol. The normalized spacial score (nSPS) is 15.1. The van der Waals surface area contributed by atoms with Gasteiger partial charge in [0.1, 0.15) is 5.75 Å². The minimum Gasteiger partial charge on any atom is -0.494 e. The zero-order chi connectivity index (χ0) is 15.7. The van der Waals surface area contributed by atoms with Crippen molar-refractivity contribution >= 4 is 34.2 Å². The van der Waals surface area contributed by atoms with Crippen molar-refractivity contribution in [2.24, 2.45) is 0 Å². The molecule has 0 atom stereocenters. The fourth-order valence-electron chi connectivity index (χ4n) is 2.55. The van der Waals surface area contributed by atoms with Crippen molar-refractivity contribution in [3.63, 3.8) is 0 Å². The molecule has 0 aromatic carbocycles. The first-order chi connectivity index (χ1) is 10.6. The number of halogens is 1. The summed E-state index contributed by atoms with van der Waals surface area (Å²) < 4.78 is 5.23. The standard InChI is InChI=1S/C14H15ClN4O3/c1-22-9-7-18-13(15)11-10(9)8(6-17-11)12(20)14(21)19-4-2-16-3-5-19/h6-7,16-17H,2-5H2,1H3. The third-order valence-electron chi connectivity index (χ3n) is 3.69. The highest BCUT2D eigenvalue weighted by Crippen LogP contribution is 2.32. The minimum absolute atomic E-state index is 0.226. The van der Waals surface area contributed by atoms with Crippen LogP contribution in [0, 0.1) is 0 Å². The molecule has 2 aromatic rings. The molecule has 2 aromatic heterocycles. The number of aromatic nitrogens is 2. The fraction of sp³-hybridized carbons (Fsp3) is 0.357. The zero-order valence-electron chi connectivity index (χ0n) is 12.0. The molecule has 1 aliphatic rings. The Morgan fingerprint density at radius 2 is 2.09 bits per heavy atom. The third kappa shape index (κ3) is 2.42. The first-order valence-electron chi connectivity index (χ1n) is 6.87. The molecule has 0 spiro atoms. The van der Waals surface area contributed by atoms with E-state index >= 15 is 0 Å². The Morgan fingerprint density at radius 1 is 1.36 bits per heavy atom. The smallest absolute Gasteiger partial charge is 0.295 e. The van der Waals surface area contributed by atoms with Crippen LogP contribution >= 0.6 is 11.6 Å². The summed E-state index contributed by atoms with van der Waals surface area (Å²) in [5, 5.41) is 3.85. The summed E-state index contributed by atoms with van der Waals surface area (Å²) in [5.74, 6) is -0.691. The number of ketones is 1. The largest absolute Gasteiger partial charge is 0.494 e. The highest BCUT2D eigenvalue weighted by Gasteiger charge is 2.28. The van der Waals surface area contributed by atoms with E-state index in [1.54, 1.807) is 4.90 Å². The van der Waals surface area contributed by atoms with Crippen LogP contribution in [0.5, 0.6) is 5.75 Å². The second-order valence-electron chi connectivity index (χ2n) is 4.94. The van der Waals surface area contributed by atoms with Gasteiger partial charge in [-0.3, -0.25) is 9.59 Å². The number of rotatable bonds is 3. The average molecular weight is 323 g/mol. The van der Waals surface area contributed by atoms with Gasteiger partial charge in [0.2, 0.25) is 0 Å². The van der Waals surface area contributed by atoms with Crippen LogP contribution in [0.4, 0.5) is 0 Å². The second-order valence-corrected chi connectivity index (χ2v) is 5.30. The van der Waals surface area contributed by atoms with Gasteiger partial charge in [0, 0.05) is 32.4 Å². The van der Waals surface area contributed by atoms with Gasteiger partial charge in [0.15, 0.2) is 5.15 Å². The molecule has 0 bridgehead atoms. The molecule has 0 radical (unpaired) electrons. The van der Waals surface area contributed by atoms with Crippen LogP contribution in [0.15, 0.2) is 12.4 Å². The maximum absolute atomic E-state index is 12.5. The minimum atomic E-state index is -0.575. The van der Waals surface area contributed by atoms with Gasteiger partial charge < -0.3 is 19.9 Å². The zero-order valence-corrected chi connectivity index (χ0v) is 12.7. The molecule has 3 heterocycles. The molecule has 3 rings (SSSR count). The molecule has 22 heavy (non-hydrogen) atoms. The van der Waals surface area contributed by atoms with Crippen LogP contribution in [0.1, 0.15) is 10.4 Å². The first-order valence-corrected chi connectivity index (χ1v) is 7.25. The van der Waals surface area contributed by atoms with E-state index in [-0.39, 0.29) is 10.7 Å². The lowest BCUT2D eigenvalue weighted by Gasteiger charge is -2.26. The number of Topliss-reactive ketones (excluding diaryl/α,β-unsaturated/α-hetero) is 1. The SMILES string of the molecule is COc1cnc(Cl)c2[nH]cc(C(=O)C(=O)N3CCNCC3)c12. The van der Waals surface area contributed by atoms with Crippen LogP contribution < -0.4 is 10.1 Å². The van der Waals surface area contributed by atoms with E-state index in [9.17, 15) is 9.59 Å². The van der Waals surface area contributed by atoms with Gasteiger partial charge in [-0.2, -0.15) is 0 Å². The summed E-state index contributed by atoms with van der Waals surface area (Å²) in [7, 11) is 1.48. The van der Waals surface area contributed by atoms with E-state index < -0.39 is 11.7 Å².